The van der Waals surface area contributed by atoms with Gasteiger partial charge >= 0.3 is 0 Å². The molecule has 1 atom stereocenters. The smallest absolute Gasteiger partial charge is 0.243 e. The molecular formula is C30H41FN2O2. The molecular weight excluding hydrogens is 439 g/mol. The van der Waals surface area contributed by atoms with E-state index in [9.17, 15) is 14.0 Å². The molecule has 3 rings (SSSR count). The number of nitrogens with one attached hydrogen (secondary N) is 1. The van der Waals surface area contributed by atoms with Gasteiger partial charge in [0, 0.05) is 19.0 Å². The molecule has 1 saturated carbocycles. The minimum atomic E-state index is -0.544. The van der Waals surface area contributed by atoms with Gasteiger partial charge in [-0.1, -0.05) is 83.4 Å². The molecule has 1 fully saturated rings. The summed E-state index contributed by atoms with van der Waals surface area (Å²) in [6.07, 6.45) is 6.95. The highest BCUT2D eigenvalue weighted by molar-refractivity contribution is 5.88. The Balaban J connectivity index is 1.73. The van der Waals surface area contributed by atoms with Crippen LogP contribution in [-0.2, 0) is 28.0 Å². The minimum Gasteiger partial charge on any atom is -0.352 e. The molecule has 1 aliphatic carbocycles. The van der Waals surface area contributed by atoms with Crippen molar-refractivity contribution in [3.05, 3.63) is 71.0 Å². The normalized spacial score (nSPS) is 15.5. The van der Waals surface area contributed by atoms with E-state index in [0.29, 0.717) is 25.8 Å². The van der Waals surface area contributed by atoms with Crippen molar-refractivity contribution < 1.29 is 14.0 Å². The lowest BCUT2D eigenvalue weighted by Gasteiger charge is -2.33. The summed E-state index contributed by atoms with van der Waals surface area (Å²) in [6.45, 7) is 8.78. The van der Waals surface area contributed by atoms with Crippen molar-refractivity contribution in [2.45, 2.75) is 103 Å². The molecule has 2 aromatic rings. The molecule has 2 aromatic carbocycles. The lowest BCUT2D eigenvalue weighted by atomic mass is 9.86. The van der Waals surface area contributed by atoms with Crippen molar-refractivity contribution >= 4 is 11.8 Å². The van der Waals surface area contributed by atoms with Crippen LogP contribution in [-0.4, -0.2) is 28.8 Å². The molecule has 2 amide bonds. The second-order valence-electron chi connectivity index (χ2n) is 10.9. The zero-order valence-electron chi connectivity index (χ0n) is 21.8. The molecule has 35 heavy (non-hydrogen) atoms. The summed E-state index contributed by atoms with van der Waals surface area (Å²) in [5.41, 5.74) is 3.27. The lowest BCUT2D eigenvalue weighted by Crippen LogP contribution is -2.51. The number of hydrogen-bond acceptors (Lipinski definition) is 2. The van der Waals surface area contributed by atoms with E-state index >= 15 is 0 Å². The summed E-state index contributed by atoms with van der Waals surface area (Å²) in [4.78, 5) is 28.4. The number of amides is 2. The van der Waals surface area contributed by atoms with Crippen LogP contribution in [0.5, 0.6) is 0 Å². The predicted octanol–water partition coefficient (Wildman–Crippen LogP) is 6.31. The fourth-order valence-electron chi connectivity index (χ4n) is 4.82. The summed E-state index contributed by atoms with van der Waals surface area (Å²) < 4.78 is 13.5. The fourth-order valence-corrected chi connectivity index (χ4v) is 4.82. The SMILES string of the molecule is CCC(C(=O)NC1CCCCC1)N(Cc1ccc(F)cc1)C(=O)CCc1ccc(C(C)(C)C)cc1. The van der Waals surface area contributed by atoms with E-state index in [4.69, 9.17) is 0 Å². The molecule has 0 spiro atoms. The van der Waals surface area contributed by atoms with Gasteiger partial charge in [-0.05, 0) is 59.9 Å². The van der Waals surface area contributed by atoms with Gasteiger partial charge < -0.3 is 10.2 Å². The van der Waals surface area contributed by atoms with Gasteiger partial charge in [-0.3, -0.25) is 9.59 Å². The Morgan fingerprint density at radius 3 is 2.14 bits per heavy atom. The van der Waals surface area contributed by atoms with Crippen molar-refractivity contribution in [3.8, 4) is 0 Å². The number of carbonyl (C=O) groups excluding carboxylic acids is 2. The zero-order chi connectivity index (χ0) is 25.4. The van der Waals surface area contributed by atoms with Gasteiger partial charge in [0.1, 0.15) is 11.9 Å². The van der Waals surface area contributed by atoms with E-state index in [2.05, 4.69) is 50.4 Å². The Hall–Kier alpha value is -2.69. The monoisotopic (exact) mass is 480 g/mol. The van der Waals surface area contributed by atoms with Crippen LogP contribution in [0, 0.1) is 5.82 Å². The molecule has 0 aromatic heterocycles. The first kappa shape index (κ1) is 26.9. The summed E-state index contributed by atoms with van der Waals surface area (Å²) in [5, 5.41) is 3.20. The molecule has 0 saturated heterocycles. The first-order chi connectivity index (χ1) is 16.7. The summed E-state index contributed by atoms with van der Waals surface area (Å²) in [5.74, 6) is -0.448. The van der Waals surface area contributed by atoms with E-state index in [1.807, 2.05) is 6.92 Å². The minimum absolute atomic E-state index is 0.0557. The quantitative estimate of drug-likeness (QED) is 0.457. The summed E-state index contributed by atoms with van der Waals surface area (Å²) >= 11 is 0. The van der Waals surface area contributed by atoms with Gasteiger partial charge in [-0.2, -0.15) is 0 Å². The van der Waals surface area contributed by atoms with Crippen molar-refractivity contribution in [2.24, 2.45) is 0 Å². The van der Waals surface area contributed by atoms with Gasteiger partial charge in [-0.25, -0.2) is 4.39 Å². The molecule has 1 unspecified atom stereocenters. The topological polar surface area (TPSA) is 49.4 Å². The van der Waals surface area contributed by atoms with Crippen molar-refractivity contribution in [1.82, 2.24) is 10.2 Å². The average Bonchev–Trinajstić information content (AvgIpc) is 2.84. The lowest BCUT2D eigenvalue weighted by molar-refractivity contribution is -0.141. The van der Waals surface area contributed by atoms with Crippen LogP contribution in [0.1, 0.15) is 89.3 Å². The van der Waals surface area contributed by atoms with Gasteiger partial charge in [0.05, 0.1) is 0 Å². The fraction of sp³-hybridized carbons (Fsp3) is 0.533. The number of hydrogen-bond donors (Lipinski definition) is 1. The molecule has 0 radical (unpaired) electrons. The van der Waals surface area contributed by atoms with Crippen LogP contribution in [0.4, 0.5) is 4.39 Å². The Bertz CT molecular complexity index is 957. The standard InChI is InChI=1S/C30H41FN2O2/c1-5-27(29(35)32-26-9-7-6-8-10-26)33(21-23-13-18-25(31)19-14-23)28(34)20-15-22-11-16-24(17-12-22)30(2,3)4/h11-14,16-19,26-27H,5-10,15,20-21H2,1-4H3,(H,32,35). The van der Waals surface area contributed by atoms with Gasteiger partial charge in [-0.15, -0.1) is 0 Å². The Morgan fingerprint density at radius 1 is 0.971 bits per heavy atom. The van der Waals surface area contributed by atoms with Crippen LogP contribution < -0.4 is 5.32 Å². The van der Waals surface area contributed by atoms with E-state index in [1.54, 1.807) is 17.0 Å². The first-order valence-electron chi connectivity index (χ1n) is 13.1. The van der Waals surface area contributed by atoms with E-state index in [1.165, 1.54) is 24.1 Å². The zero-order valence-corrected chi connectivity index (χ0v) is 21.8. The van der Waals surface area contributed by atoms with Crippen molar-refractivity contribution in [3.63, 3.8) is 0 Å². The highest BCUT2D eigenvalue weighted by Gasteiger charge is 2.30. The molecule has 0 aliphatic heterocycles. The molecule has 4 nitrogen and oxygen atoms in total. The van der Waals surface area contributed by atoms with Crippen LogP contribution in [0.25, 0.3) is 0 Å². The third-order valence-electron chi connectivity index (χ3n) is 7.05. The van der Waals surface area contributed by atoms with E-state index in [0.717, 1.165) is 36.8 Å². The summed E-state index contributed by atoms with van der Waals surface area (Å²) in [7, 11) is 0. The second kappa shape index (κ2) is 12.3. The van der Waals surface area contributed by atoms with Crippen LogP contribution in [0.2, 0.25) is 0 Å². The third kappa shape index (κ3) is 7.91. The van der Waals surface area contributed by atoms with Crippen LogP contribution in [0.15, 0.2) is 48.5 Å². The second-order valence-corrected chi connectivity index (χ2v) is 10.9. The highest BCUT2D eigenvalue weighted by Crippen LogP contribution is 2.23. The van der Waals surface area contributed by atoms with Crippen molar-refractivity contribution in [2.75, 3.05) is 0 Å². The van der Waals surface area contributed by atoms with Gasteiger partial charge in [0.25, 0.3) is 0 Å². The maximum absolute atomic E-state index is 13.5. The molecule has 0 bridgehead atoms. The molecule has 1 aliphatic rings. The predicted molar refractivity (Wildman–Crippen MR) is 140 cm³/mol. The number of halogens is 1. The number of aryl methyl sites for hydroxylation is 1. The van der Waals surface area contributed by atoms with Gasteiger partial charge in [0.15, 0.2) is 0 Å². The molecule has 1 N–H and O–H groups in total. The van der Waals surface area contributed by atoms with Gasteiger partial charge in [0.2, 0.25) is 11.8 Å². The Morgan fingerprint density at radius 2 is 1.57 bits per heavy atom. The van der Waals surface area contributed by atoms with Crippen molar-refractivity contribution in [1.29, 1.82) is 0 Å². The average molecular weight is 481 g/mol. The van der Waals surface area contributed by atoms with Crippen LogP contribution >= 0.6 is 0 Å². The number of benzene rings is 2. The Labute approximate surface area is 210 Å². The first-order valence-corrected chi connectivity index (χ1v) is 13.1. The molecule has 0 heterocycles. The maximum Gasteiger partial charge on any atom is 0.243 e. The third-order valence-corrected chi connectivity index (χ3v) is 7.05. The number of rotatable bonds is 9. The highest BCUT2D eigenvalue weighted by atomic mass is 19.1. The Kier molecular flexibility index (Phi) is 9.47. The largest absolute Gasteiger partial charge is 0.352 e. The molecule has 5 heteroatoms. The van der Waals surface area contributed by atoms with Crippen LogP contribution in [0.3, 0.4) is 0 Å². The number of nitrogens with zero attached hydrogens (tertiary/aromatic N) is 1. The molecule has 190 valence electrons. The summed E-state index contributed by atoms with van der Waals surface area (Å²) in [6, 6.07) is 14.3. The maximum atomic E-state index is 13.5. The van der Waals surface area contributed by atoms with E-state index < -0.39 is 6.04 Å². The van der Waals surface area contributed by atoms with E-state index in [-0.39, 0.29) is 29.1 Å². The number of carbonyl (C=O) groups is 2.